The van der Waals surface area contributed by atoms with Crippen LogP contribution in [0.2, 0.25) is 0 Å². The van der Waals surface area contributed by atoms with Crippen LogP contribution in [0.3, 0.4) is 0 Å². The lowest BCUT2D eigenvalue weighted by atomic mass is 9.94. The van der Waals surface area contributed by atoms with Gasteiger partial charge in [-0.3, -0.25) is 4.79 Å². The van der Waals surface area contributed by atoms with Gasteiger partial charge in [-0.1, -0.05) is 0 Å². The number of aliphatic hydroxyl groups is 3. The minimum absolute atomic E-state index is 0.245. The zero-order valence-electron chi connectivity index (χ0n) is 7.97. The standard InChI is InChI=1S/C8H16N2O4/c1-4(12)10-5-2-9-6(3-11)8(14)7(5)13/h5-9,11,13-14H,2-3H2,1H3,(H,10,12)/t5?,6?,7-,8+/m0/s1. The van der Waals surface area contributed by atoms with Crippen molar-refractivity contribution in [2.45, 2.75) is 31.2 Å². The number of carbonyl (C=O) groups is 1. The summed E-state index contributed by atoms with van der Waals surface area (Å²) in [7, 11) is 0. The molecule has 4 atom stereocenters. The van der Waals surface area contributed by atoms with E-state index in [1.54, 1.807) is 0 Å². The lowest BCUT2D eigenvalue weighted by molar-refractivity contribution is -0.122. The Hall–Kier alpha value is -0.690. The molecule has 6 nitrogen and oxygen atoms in total. The Balaban J connectivity index is 2.54. The molecule has 14 heavy (non-hydrogen) atoms. The van der Waals surface area contributed by atoms with E-state index < -0.39 is 24.3 Å². The summed E-state index contributed by atoms with van der Waals surface area (Å²) in [5.74, 6) is -0.259. The molecule has 0 spiro atoms. The number of amides is 1. The Morgan fingerprint density at radius 1 is 1.50 bits per heavy atom. The number of aliphatic hydroxyl groups excluding tert-OH is 3. The maximum Gasteiger partial charge on any atom is 0.217 e. The molecular formula is C8H16N2O4. The molecule has 1 rings (SSSR count). The van der Waals surface area contributed by atoms with Gasteiger partial charge >= 0.3 is 0 Å². The Morgan fingerprint density at radius 2 is 2.14 bits per heavy atom. The minimum atomic E-state index is -1.06. The van der Waals surface area contributed by atoms with Crippen molar-refractivity contribution in [3.05, 3.63) is 0 Å². The number of piperidine rings is 1. The zero-order valence-corrected chi connectivity index (χ0v) is 7.97. The van der Waals surface area contributed by atoms with Gasteiger partial charge in [0.1, 0.15) is 6.10 Å². The molecule has 1 heterocycles. The van der Waals surface area contributed by atoms with Crippen LogP contribution >= 0.6 is 0 Å². The second-order valence-electron chi connectivity index (χ2n) is 3.49. The van der Waals surface area contributed by atoms with Gasteiger partial charge in [0.15, 0.2) is 0 Å². The largest absolute Gasteiger partial charge is 0.395 e. The van der Waals surface area contributed by atoms with Crippen LogP contribution in [-0.2, 0) is 4.79 Å². The average molecular weight is 204 g/mol. The monoisotopic (exact) mass is 204 g/mol. The summed E-state index contributed by atoms with van der Waals surface area (Å²) in [6, 6.07) is -1.04. The van der Waals surface area contributed by atoms with E-state index >= 15 is 0 Å². The maximum atomic E-state index is 10.7. The van der Waals surface area contributed by atoms with Crippen molar-refractivity contribution in [1.82, 2.24) is 10.6 Å². The molecule has 5 N–H and O–H groups in total. The van der Waals surface area contributed by atoms with Gasteiger partial charge < -0.3 is 26.0 Å². The van der Waals surface area contributed by atoms with Crippen molar-refractivity contribution in [3.63, 3.8) is 0 Å². The first-order valence-corrected chi connectivity index (χ1v) is 4.53. The molecule has 1 saturated heterocycles. The molecule has 1 aliphatic rings. The van der Waals surface area contributed by atoms with E-state index in [-0.39, 0.29) is 12.5 Å². The highest BCUT2D eigenvalue weighted by Crippen LogP contribution is 2.10. The molecule has 1 aliphatic heterocycles. The number of nitrogens with one attached hydrogen (secondary N) is 2. The van der Waals surface area contributed by atoms with Crippen LogP contribution in [0.15, 0.2) is 0 Å². The van der Waals surface area contributed by atoms with Crippen molar-refractivity contribution < 1.29 is 20.1 Å². The molecule has 1 fully saturated rings. The first-order valence-electron chi connectivity index (χ1n) is 4.53. The fraction of sp³-hybridized carbons (Fsp3) is 0.875. The number of carbonyl (C=O) groups excluding carboxylic acids is 1. The normalized spacial score (nSPS) is 38.0. The Kier molecular flexibility index (Phi) is 3.82. The van der Waals surface area contributed by atoms with Crippen molar-refractivity contribution in [3.8, 4) is 0 Å². The van der Waals surface area contributed by atoms with E-state index in [9.17, 15) is 15.0 Å². The molecule has 0 radical (unpaired) electrons. The summed E-state index contributed by atoms with van der Waals surface area (Å²) in [5.41, 5.74) is 0. The third-order valence-corrected chi connectivity index (χ3v) is 2.36. The summed E-state index contributed by atoms with van der Waals surface area (Å²) >= 11 is 0. The summed E-state index contributed by atoms with van der Waals surface area (Å²) in [5, 5.41) is 33.2. The van der Waals surface area contributed by atoms with Crippen LogP contribution in [0.5, 0.6) is 0 Å². The molecule has 0 bridgehead atoms. The first-order chi connectivity index (χ1) is 6.56. The molecule has 1 amide bonds. The molecule has 0 aliphatic carbocycles. The third-order valence-electron chi connectivity index (χ3n) is 2.36. The van der Waals surface area contributed by atoms with Crippen LogP contribution in [0.4, 0.5) is 0 Å². The number of hydrogen-bond donors (Lipinski definition) is 5. The molecule has 0 aromatic heterocycles. The van der Waals surface area contributed by atoms with Crippen molar-refractivity contribution in [2.75, 3.05) is 13.2 Å². The van der Waals surface area contributed by atoms with E-state index in [2.05, 4.69) is 10.6 Å². The predicted molar refractivity (Wildman–Crippen MR) is 48.5 cm³/mol. The number of hydrogen-bond acceptors (Lipinski definition) is 5. The SMILES string of the molecule is CC(=O)NC1CNC(CO)[C@@H](O)[C@H]1O. The maximum absolute atomic E-state index is 10.7. The highest BCUT2D eigenvalue weighted by molar-refractivity contribution is 5.73. The lowest BCUT2D eigenvalue weighted by Crippen LogP contribution is -2.65. The van der Waals surface area contributed by atoms with E-state index in [0.717, 1.165) is 0 Å². The smallest absolute Gasteiger partial charge is 0.217 e. The van der Waals surface area contributed by atoms with Gasteiger partial charge in [0.2, 0.25) is 5.91 Å². The van der Waals surface area contributed by atoms with Crippen LogP contribution in [0.25, 0.3) is 0 Å². The van der Waals surface area contributed by atoms with Gasteiger partial charge in [-0.15, -0.1) is 0 Å². The van der Waals surface area contributed by atoms with E-state index in [0.29, 0.717) is 6.54 Å². The molecule has 0 aromatic carbocycles. The Bertz CT molecular complexity index is 212. The predicted octanol–water partition coefficient (Wildman–Crippen LogP) is -2.82. The van der Waals surface area contributed by atoms with Crippen LogP contribution < -0.4 is 10.6 Å². The van der Waals surface area contributed by atoms with Crippen LogP contribution in [-0.4, -0.2) is 58.7 Å². The van der Waals surface area contributed by atoms with Crippen molar-refractivity contribution in [2.24, 2.45) is 0 Å². The molecule has 2 unspecified atom stereocenters. The summed E-state index contributed by atoms with van der Waals surface area (Å²) in [6.07, 6.45) is -2.11. The van der Waals surface area contributed by atoms with Gasteiger partial charge in [0.05, 0.1) is 24.8 Å². The summed E-state index contributed by atoms with van der Waals surface area (Å²) in [6.45, 7) is 1.44. The van der Waals surface area contributed by atoms with E-state index in [4.69, 9.17) is 5.11 Å². The van der Waals surface area contributed by atoms with Gasteiger partial charge in [0, 0.05) is 13.5 Å². The average Bonchev–Trinajstić information content (AvgIpc) is 2.13. The van der Waals surface area contributed by atoms with Gasteiger partial charge in [-0.2, -0.15) is 0 Å². The fourth-order valence-electron chi connectivity index (χ4n) is 1.57. The topological polar surface area (TPSA) is 102 Å². The molecule has 0 aromatic rings. The van der Waals surface area contributed by atoms with Crippen molar-refractivity contribution >= 4 is 5.91 Å². The van der Waals surface area contributed by atoms with E-state index in [1.165, 1.54) is 6.92 Å². The highest BCUT2D eigenvalue weighted by Gasteiger charge is 2.36. The second-order valence-corrected chi connectivity index (χ2v) is 3.49. The zero-order chi connectivity index (χ0) is 10.7. The van der Waals surface area contributed by atoms with E-state index in [1.807, 2.05) is 0 Å². The van der Waals surface area contributed by atoms with Crippen LogP contribution in [0, 0.1) is 0 Å². The summed E-state index contributed by atoms with van der Waals surface area (Å²) < 4.78 is 0. The molecule has 82 valence electrons. The van der Waals surface area contributed by atoms with Gasteiger partial charge in [0.25, 0.3) is 0 Å². The summed E-state index contributed by atoms with van der Waals surface area (Å²) in [4.78, 5) is 10.7. The molecular weight excluding hydrogens is 188 g/mol. The number of rotatable bonds is 2. The lowest BCUT2D eigenvalue weighted by Gasteiger charge is -2.37. The molecule has 6 heteroatoms. The quantitative estimate of drug-likeness (QED) is 0.334. The van der Waals surface area contributed by atoms with Crippen LogP contribution in [0.1, 0.15) is 6.92 Å². The fourth-order valence-corrected chi connectivity index (χ4v) is 1.57. The first kappa shape index (κ1) is 11.4. The Labute approximate surface area is 81.9 Å². The highest BCUT2D eigenvalue weighted by atomic mass is 16.3. The Morgan fingerprint density at radius 3 is 2.64 bits per heavy atom. The van der Waals surface area contributed by atoms with Gasteiger partial charge in [-0.05, 0) is 0 Å². The molecule has 0 saturated carbocycles. The van der Waals surface area contributed by atoms with Gasteiger partial charge in [-0.25, -0.2) is 0 Å². The minimum Gasteiger partial charge on any atom is -0.395 e. The van der Waals surface area contributed by atoms with Crippen molar-refractivity contribution in [1.29, 1.82) is 0 Å². The second kappa shape index (κ2) is 4.70. The third kappa shape index (κ3) is 2.42.